The molecule has 0 fully saturated rings. The molecule has 0 spiro atoms. The number of aryl methyl sites for hydroxylation is 2. The van der Waals surface area contributed by atoms with Crippen LogP contribution in [0.5, 0.6) is 0 Å². The van der Waals surface area contributed by atoms with Gasteiger partial charge in [-0.25, -0.2) is 0 Å². The summed E-state index contributed by atoms with van der Waals surface area (Å²) < 4.78 is 8.59. The van der Waals surface area contributed by atoms with E-state index in [2.05, 4.69) is 67.1 Å². The smallest absolute Gasteiger partial charge is 0.136 e. The fourth-order valence-electron chi connectivity index (χ4n) is 4.23. The fourth-order valence-corrected chi connectivity index (χ4v) is 4.23. The quantitative estimate of drug-likeness (QED) is 0.366. The molecule has 124 valence electrons. The van der Waals surface area contributed by atoms with Crippen molar-refractivity contribution in [3.8, 4) is 0 Å². The second-order valence-corrected chi connectivity index (χ2v) is 6.91. The van der Waals surface area contributed by atoms with Gasteiger partial charge in [0.15, 0.2) is 0 Å². The van der Waals surface area contributed by atoms with Crippen molar-refractivity contribution in [3.05, 3.63) is 60.2 Å². The standard InChI is InChI=1S/C23H21NO/c1-3-4-9-15-14-20-21(17-11-6-8-13-19(17)25-20)22-16-10-5-7-12-18(16)24(2)23(15)22/h5-8,10-14H,3-4,9H2,1-2H3. The Hall–Kier alpha value is -2.74. The average Bonchev–Trinajstić information content (AvgIpc) is 3.16. The first-order valence-electron chi connectivity index (χ1n) is 9.10. The molecule has 0 amide bonds. The van der Waals surface area contributed by atoms with Crippen molar-refractivity contribution in [1.82, 2.24) is 4.57 Å². The van der Waals surface area contributed by atoms with Crippen LogP contribution in [0, 0.1) is 0 Å². The van der Waals surface area contributed by atoms with Crippen LogP contribution in [0.15, 0.2) is 59.0 Å². The second-order valence-electron chi connectivity index (χ2n) is 6.91. The van der Waals surface area contributed by atoms with Crippen molar-refractivity contribution in [3.63, 3.8) is 0 Å². The summed E-state index contributed by atoms with van der Waals surface area (Å²) in [5.41, 5.74) is 6.01. The normalized spacial score (nSPS) is 12.1. The monoisotopic (exact) mass is 327 g/mol. The van der Waals surface area contributed by atoms with Gasteiger partial charge < -0.3 is 8.98 Å². The predicted molar refractivity (Wildman–Crippen MR) is 106 cm³/mol. The van der Waals surface area contributed by atoms with E-state index in [1.807, 2.05) is 6.07 Å². The molecule has 0 aliphatic heterocycles. The molecular weight excluding hydrogens is 306 g/mol. The summed E-state index contributed by atoms with van der Waals surface area (Å²) in [5, 5.41) is 5.12. The van der Waals surface area contributed by atoms with Crippen LogP contribution in [0.4, 0.5) is 0 Å². The van der Waals surface area contributed by atoms with E-state index < -0.39 is 0 Å². The minimum absolute atomic E-state index is 0.972. The highest BCUT2D eigenvalue weighted by Gasteiger charge is 2.19. The minimum Gasteiger partial charge on any atom is -0.456 e. The number of para-hydroxylation sites is 2. The molecule has 25 heavy (non-hydrogen) atoms. The molecule has 0 radical (unpaired) electrons. The summed E-state index contributed by atoms with van der Waals surface area (Å²) in [5.74, 6) is 0. The predicted octanol–water partition coefficient (Wildman–Crippen LogP) is 6.57. The van der Waals surface area contributed by atoms with Gasteiger partial charge in [0.2, 0.25) is 0 Å². The van der Waals surface area contributed by atoms with Gasteiger partial charge in [-0.15, -0.1) is 0 Å². The number of aromatic nitrogens is 1. The Labute approximate surface area is 146 Å². The lowest BCUT2D eigenvalue weighted by molar-refractivity contribution is 0.668. The molecule has 0 aliphatic rings. The van der Waals surface area contributed by atoms with E-state index in [4.69, 9.17) is 4.42 Å². The van der Waals surface area contributed by atoms with E-state index in [1.165, 1.54) is 51.0 Å². The van der Waals surface area contributed by atoms with Crippen LogP contribution < -0.4 is 0 Å². The zero-order valence-corrected chi connectivity index (χ0v) is 14.7. The number of benzene rings is 3. The van der Waals surface area contributed by atoms with Gasteiger partial charge in [-0.3, -0.25) is 0 Å². The Bertz CT molecular complexity index is 1240. The molecule has 0 N–H and O–H groups in total. The SMILES string of the molecule is CCCCc1cc2oc3ccccc3c2c2c3ccccc3n(C)c12. The molecule has 0 saturated carbocycles. The van der Waals surface area contributed by atoms with Gasteiger partial charge in [0.05, 0.1) is 5.52 Å². The molecule has 3 aromatic carbocycles. The van der Waals surface area contributed by atoms with Gasteiger partial charge in [-0.1, -0.05) is 49.7 Å². The largest absolute Gasteiger partial charge is 0.456 e. The number of hydrogen-bond acceptors (Lipinski definition) is 1. The third-order valence-corrected chi connectivity index (χ3v) is 5.39. The zero-order chi connectivity index (χ0) is 17.0. The summed E-state index contributed by atoms with van der Waals surface area (Å²) in [6.07, 6.45) is 3.48. The fraction of sp³-hybridized carbons (Fsp3) is 0.217. The average molecular weight is 327 g/mol. The van der Waals surface area contributed by atoms with Gasteiger partial charge in [-0.2, -0.15) is 0 Å². The Morgan fingerprint density at radius 2 is 1.64 bits per heavy atom. The lowest BCUT2D eigenvalue weighted by Crippen LogP contribution is -1.93. The Morgan fingerprint density at radius 1 is 0.880 bits per heavy atom. The van der Waals surface area contributed by atoms with E-state index in [0.717, 1.165) is 17.6 Å². The van der Waals surface area contributed by atoms with E-state index in [-0.39, 0.29) is 0 Å². The molecule has 0 aliphatic carbocycles. The third-order valence-electron chi connectivity index (χ3n) is 5.39. The highest BCUT2D eigenvalue weighted by Crippen LogP contribution is 2.41. The van der Waals surface area contributed by atoms with E-state index in [9.17, 15) is 0 Å². The third kappa shape index (κ3) is 1.97. The number of hydrogen-bond donors (Lipinski definition) is 0. The summed E-state index contributed by atoms with van der Waals surface area (Å²) in [6.45, 7) is 2.25. The molecule has 2 nitrogen and oxygen atoms in total. The first kappa shape index (κ1) is 14.6. The van der Waals surface area contributed by atoms with Crippen LogP contribution in [-0.4, -0.2) is 4.57 Å². The Balaban J connectivity index is 2.06. The summed E-state index contributed by atoms with van der Waals surface area (Å²) >= 11 is 0. The molecule has 5 rings (SSSR count). The van der Waals surface area contributed by atoms with E-state index >= 15 is 0 Å². The maximum Gasteiger partial charge on any atom is 0.136 e. The van der Waals surface area contributed by atoms with Gasteiger partial charge in [-0.05, 0) is 36.6 Å². The second kappa shape index (κ2) is 5.38. The van der Waals surface area contributed by atoms with Crippen LogP contribution in [0.3, 0.4) is 0 Å². The Kier molecular flexibility index (Phi) is 3.14. The van der Waals surface area contributed by atoms with Crippen LogP contribution in [0.2, 0.25) is 0 Å². The van der Waals surface area contributed by atoms with Crippen molar-refractivity contribution in [1.29, 1.82) is 0 Å². The molecule has 5 aromatic rings. The number of furan rings is 1. The van der Waals surface area contributed by atoms with Crippen molar-refractivity contribution in [2.75, 3.05) is 0 Å². The Morgan fingerprint density at radius 3 is 2.48 bits per heavy atom. The van der Waals surface area contributed by atoms with Crippen LogP contribution in [0.1, 0.15) is 25.3 Å². The number of unbranched alkanes of at least 4 members (excludes halogenated alkanes) is 1. The van der Waals surface area contributed by atoms with E-state index in [0.29, 0.717) is 0 Å². The maximum absolute atomic E-state index is 6.23. The topological polar surface area (TPSA) is 18.1 Å². The highest BCUT2D eigenvalue weighted by molar-refractivity contribution is 6.27. The van der Waals surface area contributed by atoms with Crippen molar-refractivity contribution in [2.24, 2.45) is 7.05 Å². The summed E-state index contributed by atoms with van der Waals surface area (Å²) in [6, 6.07) is 19.4. The first-order chi connectivity index (χ1) is 12.3. The minimum atomic E-state index is 0.972. The zero-order valence-electron chi connectivity index (χ0n) is 14.7. The summed E-state index contributed by atoms with van der Waals surface area (Å²) in [7, 11) is 2.19. The maximum atomic E-state index is 6.23. The van der Waals surface area contributed by atoms with Crippen molar-refractivity contribution < 1.29 is 4.42 Å². The molecule has 2 heterocycles. The first-order valence-corrected chi connectivity index (χ1v) is 9.10. The highest BCUT2D eigenvalue weighted by atomic mass is 16.3. The molecule has 0 atom stereocenters. The van der Waals surface area contributed by atoms with Crippen LogP contribution in [0.25, 0.3) is 43.7 Å². The van der Waals surface area contributed by atoms with Gasteiger partial charge in [0.1, 0.15) is 11.2 Å². The molecule has 0 unspecified atom stereocenters. The number of nitrogens with zero attached hydrogens (tertiary/aromatic N) is 1. The van der Waals surface area contributed by atoms with E-state index in [1.54, 1.807) is 0 Å². The van der Waals surface area contributed by atoms with Crippen molar-refractivity contribution in [2.45, 2.75) is 26.2 Å². The van der Waals surface area contributed by atoms with Crippen molar-refractivity contribution >= 4 is 43.7 Å². The van der Waals surface area contributed by atoms with Gasteiger partial charge >= 0.3 is 0 Å². The van der Waals surface area contributed by atoms with Crippen LogP contribution >= 0.6 is 0 Å². The molecule has 2 heteroatoms. The number of rotatable bonds is 3. The van der Waals surface area contributed by atoms with Gasteiger partial charge in [0.25, 0.3) is 0 Å². The molecule has 0 bridgehead atoms. The molecule has 0 saturated heterocycles. The molecule has 2 aromatic heterocycles. The summed E-state index contributed by atoms with van der Waals surface area (Å²) in [4.78, 5) is 0. The lowest BCUT2D eigenvalue weighted by atomic mass is 9.99. The van der Waals surface area contributed by atoms with Gasteiger partial charge in [0, 0.05) is 34.1 Å². The van der Waals surface area contributed by atoms with Crippen LogP contribution in [-0.2, 0) is 13.5 Å². The number of fused-ring (bicyclic) bond motifs is 7. The molecular formula is C23H21NO. The lowest BCUT2D eigenvalue weighted by Gasteiger charge is -2.07.